The minimum absolute atomic E-state index is 0.0370. The summed E-state index contributed by atoms with van der Waals surface area (Å²) in [6, 6.07) is 13.9. The van der Waals surface area contributed by atoms with Crippen LogP contribution in [0.5, 0.6) is 0 Å². The molecule has 0 unspecified atom stereocenters. The predicted molar refractivity (Wildman–Crippen MR) is 95.6 cm³/mol. The van der Waals surface area contributed by atoms with Gasteiger partial charge in [-0.15, -0.1) is 0 Å². The number of nitrogens with one attached hydrogen (secondary N) is 1. The van der Waals surface area contributed by atoms with Crippen LogP contribution in [0.25, 0.3) is 5.70 Å². The highest BCUT2D eigenvalue weighted by atomic mass is 16.1. The van der Waals surface area contributed by atoms with Crippen LogP contribution in [0.15, 0.2) is 48.5 Å². The Morgan fingerprint density at radius 3 is 2.43 bits per heavy atom. The van der Waals surface area contributed by atoms with Crippen LogP contribution in [-0.4, -0.2) is 11.3 Å². The van der Waals surface area contributed by atoms with Gasteiger partial charge >= 0.3 is 0 Å². The number of hydrogen-bond donors (Lipinski definition) is 1. The molecule has 0 saturated heterocycles. The van der Waals surface area contributed by atoms with E-state index in [-0.39, 0.29) is 11.3 Å². The molecule has 0 aliphatic carbocycles. The fraction of sp³-hybridized carbons (Fsp3) is 0.286. The lowest BCUT2D eigenvalue weighted by Gasteiger charge is -2.36. The molecule has 0 radical (unpaired) electrons. The zero-order valence-electron chi connectivity index (χ0n) is 14.2. The van der Waals surface area contributed by atoms with Gasteiger partial charge in [0.2, 0.25) is 0 Å². The van der Waals surface area contributed by atoms with Crippen LogP contribution in [0.1, 0.15) is 46.5 Å². The van der Waals surface area contributed by atoms with E-state index < -0.39 is 0 Å². The Kier molecular flexibility index (Phi) is 3.85. The summed E-state index contributed by atoms with van der Waals surface area (Å²) in [5, 5.41) is 3.54. The Balaban J connectivity index is 2.07. The van der Waals surface area contributed by atoms with Crippen molar-refractivity contribution < 1.29 is 4.79 Å². The minimum Gasteiger partial charge on any atom is -0.379 e. The standard InChI is InChI=1S/C21H23NO/c1-14-10-17-13-21(3,4)22-19(18(17)11-15(14)2)12-20(23)16-8-6-5-7-9-16/h5-12,22H,13H2,1-4H3/b19-12-. The maximum Gasteiger partial charge on any atom is 0.187 e. The molecular weight excluding hydrogens is 282 g/mol. The SMILES string of the molecule is Cc1cc2c(cc1C)/C(=C/C(=O)c1ccccc1)NC(C)(C)C2. The lowest BCUT2D eigenvalue weighted by molar-refractivity contribution is 0.104. The highest BCUT2D eigenvalue weighted by Gasteiger charge is 2.28. The average molecular weight is 305 g/mol. The van der Waals surface area contributed by atoms with Crippen molar-refractivity contribution in [2.24, 2.45) is 0 Å². The first-order chi connectivity index (χ1) is 10.9. The average Bonchev–Trinajstić information content (AvgIpc) is 2.49. The summed E-state index contributed by atoms with van der Waals surface area (Å²) in [5.74, 6) is 0.0370. The van der Waals surface area contributed by atoms with Crippen LogP contribution >= 0.6 is 0 Å². The van der Waals surface area contributed by atoms with Crippen molar-refractivity contribution in [1.82, 2.24) is 5.32 Å². The highest BCUT2D eigenvalue weighted by molar-refractivity contribution is 6.08. The normalized spacial score (nSPS) is 17.5. The number of hydrogen-bond acceptors (Lipinski definition) is 2. The van der Waals surface area contributed by atoms with Gasteiger partial charge < -0.3 is 5.32 Å². The Morgan fingerprint density at radius 1 is 1.09 bits per heavy atom. The quantitative estimate of drug-likeness (QED) is 0.656. The van der Waals surface area contributed by atoms with Gasteiger partial charge in [0.15, 0.2) is 5.78 Å². The second-order valence-corrected chi connectivity index (χ2v) is 7.07. The lowest BCUT2D eigenvalue weighted by Crippen LogP contribution is -2.44. The molecule has 0 saturated carbocycles. The molecule has 118 valence electrons. The summed E-state index contributed by atoms with van der Waals surface area (Å²) in [5.41, 5.74) is 6.60. The topological polar surface area (TPSA) is 29.1 Å². The number of benzene rings is 2. The first-order valence-electron chi connectivity index (χ1n) is 8.05. The van der Waals surface area contributed by atoms with E-state index in [0.29, 0.717) is 0 Å². The molecule has 23 heavy (non-hydrogen) atoms. The summed E-state index contributed by atoms with van der Waals surface area (Å²) >= 11 is 0. The third-order valence-corrected chi connectivity index (χ3v) is 4.45. The van der Waals surface area contributed by atoms with Gasteiger partial charge in [-0.05, 0) is 56.9 Å². The Bertz CT molecular complexity index is 785. The van der Waals surface area contributed by atoms with Crippen molar-refractivity contribution in [1.29, 1.82) is 0 Å². The molecule has 0 bridgehead atoms. The van der Waals surface area contributed by atoms with Gasteiger partial charge in [-0.1, -0.05) is 36.4 Å². The number of aryl methyl sites for hydroxylation is 2. The fourth-order valence-corrected chi connectivity index (χ4v) is 3.16. The molecule has 0 atom stereocenters. The Labute approximate surface area is 138 Å². The van der Waals surface area contributed by atoms with E-state index in [2.05, 4.69) is 45.1 Å². The molecule has 2 heteroatoms. The lowest BCUT2D eigenvalue weighted by atomic mass is 9.83. The molecule has 3 rings (SSSR count). The Morgan fingerprint density at radius 2 is 1.74 bits per heavy atom. The molecule has 1 heterocycles. The van der Waals surface area contributed by atoms with Crippen LogP contribution in [0, 0.1) is 13.8 Å². The highest BCUT2D eigenvalue weighted by Crippen LogP contribution is 2.31. The second-order valence-electron chi connectivity index (χ2n) is 7.07. The minimum atomic E-state index is -0.0580. The van der Waals surface area contributed by atoms with Crippen LogP contribution in [0.2, 0.25) is 0 Å². The molecule has 0 amide bonds. The van der Waals surface area contributed by atoms with Crippen molar-refractivity contribution in [2.75, 3.05) is 0 Å². The molecule has 2 aromatic carbocycles. The third kappa shape index (κ3) is 3.21. The maximum atomic E-state index is 12.6. The van der Waals surface area contributed by atoms with Crippen molar-refractivity contribution in [3.8, 4) is 0 Å². The van der Waals surface area contributed by atoms with Gasteiger partial charge in [0.1, 0.15) is 0 Å². The molecular formula is C21H23NO. The number of fused-ring (bicyclic) bond motifs is 1. The Hall–Kier alpha value is -2.35. The molecule has 0 spiro atoms. The zero-order valence-corrected chi connectivity index (χ0v) is 14.2. The first-order valence-corrected chi connectivity index (χ1v) is 8.05. The van der Waals surface area contributed by atoms with Gasteiger partial charge in [0, 0.05) is 28.4 Å². The van der Waals surface area contributed by atoms with Crippen LogP contribution < -0.4 is 5.32 Å². The van der Waals surface area contributed by atoms with Gasteiger partial charge in [0.25, 0.3) is 0 Å². The second kappa shape index (κ2) is 5.69. The number of allylic oxidation sites excluding steroid dienone is 1. The van der Waals surface area contributed by atoms with Crippen molar-refractivity contribution in [3.05, 3.63) is 76.4 Å². The third-order valence-electron chi connectivity index (χ3n) is 4.45. The smallest absolute Gasteiger partial charge is 0.187 e. The summed E-state index contributed by atoms with van der Waals surface area (Å²) in [7, 11) is 0. The summed E-state index contributed by atoms with van der Waals surface area (Å²) in [6.07, 6.45) is 2.70. The van der Waals surface area contributed by atoms with Gasteiger partial charge in [-0.2, -0.15) is 0 Å². The summed E-state index contributed by atoms with van der Waals surface area (Å²) in [4.78, 5) is 12.6. The van der Waals surface area contributed by atoms with Crippen LogP contribution in [-0.2, 0) is 6.42 Å². The van der Waals surface area contributed by atoms with E-state index in [1.165, 1.54) is 16.7 Å². The van der Waals surface area contributed by atoms with Crippen molar-refractivity contribution in [3.63, 3.8) is 0 Å². The fourth-order valence-electron chi connectivity index (χ4n) is 3.16. The molecule has 1 aliphatic heterocycles. The number of carbonyl (C=O) groups is 1. The monoisotopic (exact) mass is 305 g/mol. The van der Waals surface area contributed by atoms with Crippen LogP contribution in [0.4, 0.5) is 0 Å². The van der Waals surface area contributed by atoms with E-state index in [9.17, 15) is 4.79 Å². The molecule has 0 aromatic heterocycles. The van der Waals surface area contributed by atoms with Gasteiger partial charge in [-0.3, -0.25) is 4.79 Å². The summed E-state index contributed by atoms with van der Waals surface area (Å²) in [6.45, 7) is 8.60. The van der Waals surface area contributed by atoms with E-state index in [1.807, 2.05) is 30.3 Å². The zero-order chi connectivity index (χ0) is 16.6. The summed E-state index contributed by atoms with van der Waals surface area (Å²) < 4.78 is 0. The largest absolute Gasteiger partial charge is 0.379 e. The van der Waals surface area contributed by atoms with E-state index in [4.69, 9.17) is 0 Å². The van der Waals surface area contributed by atoms with Crippen molar-refractivity contribution in [2.45, 2.75) is 39.7 Å². The number of ketones is 1. The maximum absolute atomic E-state index is 12.6. The van der Waals surface area contributed by atoms with Crippen LogP contribution in [0.3, 0.4) is 0 Å². The number of rotatable bonds is 2. The van der Waals surface area contributed by atoms with E-state index in [1.54, 1.807) is 6.08 Å². The van der Waals surface area contributed by atoms with Gasteiger partial charge in [-0.25, -0.2) is 0 Å². The molecule has 1 aliphatic rings. The van der Waals surface area contributed by atoms with Crippen molar-refractivity contribution >= 4 is 11.5 Å². The molecule has 2 nitrogen and oxygen atoms in total. The number of carbonyl (C=O) groups excluding carboxylic acids is 1. The van der Waals surface area contributed by atoms with Gasteiger partial charge in [0.05, 0.1) is 0 Å². The van der Waals surface area contributed by atoms with E-state index in [0.717, 1.165) is 23.2 Å². The molecule has 1 N–H and O–H groups in total. The molecule has 2 aromatic rings. The van der Waals surface area contributed by atoms with E-state index >= 15 is 0 Å². The predicted octanol–water partition coefficient (Wildman–Crippen LogP) is 4.45. The first kappa shape index (κ1) is 15.5. The molecule has 0 fully saturated rings.